The highest BCUT2D eigenvalue weighted by Gasteiger charge is 2.21. The smallest absolute Gasteiger partial charge is 0.246 e. The fourth-order valence-electron chi connectivity index (χ4n) is 1.94. The van der Waals surface area contributed by atoms with E-state index in [9.17, 15) is 0 Å². The molecule has 4 nitrogen and oxygen atoms in total. The van der Waals surface area contributed by atoms with Crippen LogP contribution in [-0.4, -0.2) is 15.2 Å². The summed E-state index contributed by atoms with van der Waals surface area (Å²) < 4.78 is 2.03. The van der Waals surface area contributed by atoms with Crippen molar-refractivity contribution in [2.75, 3.05) is 0 Å². The van der Waals surface area contributed by atoms with E-state index in [1.807, 2.05) is 25.5 Å². The van der Waals surface area contributed by atoms with Gasteiger partial charge < -0.3 is 0 Å². The van der Waals surface area contributed by atoms with Gasteiger partial charge in [0.25, 0.3) is 0 Å². The second kappa shape index (κ2) is 3.95. The maximum absolute atomic E-state index is 4.67. The Hall–Kier alpha value is -1.71. The number of hydrogen-bond acceptors (Lipinski definition) is 2. The average Bonchev–Trinajstić information content (AvgIpc) is 2.62. The molecule has 0 fully saturated rings. The fraction of sp³-hybridized carbons (Fsp3) is 0.462. The van der Waals surface area contributed by atoms with Crippen molar-refractivity contribution >= 4 is 0 Å². The lowest BCUT2D eigenvalue weighted by atomic mass is 10.0. The quantitative estimate of drug-likeness (QED) is 0.761. The monoisotopic (exact) mass is 231 g/mol. The number of rotatable bonds is 1. The molecule has 17 heavy (non-hydrogen) atoms. The summed E-state index contributed by atoms with van der Waals surface area (Å²) in [6, 6.07) is 0. The molecule has 2 rings (SSSR count). The highest BCUT2D eigenvalue weighted by Crippen LogP contribution is 2.23. The third-order valence-electron chi connectivity index (χ3n) is 3.66. The summed E-state index contributed by atoms with van der Waals surface area (Å²) in [5.41, 5.74) is 5.81. The summed E-state index contributed by atoms with van der Waals surface area (Å²) in [4.78, 5) is 4.67. The van der Waals surface area contributed by atoms with E-state index in [0.29, 0.717) is 0 Å². The predicted molar refractivity (Wildman–Crippen MR) is 66.7 cm³/mol. The number of aryl methyl sites for hydroxylation is 2. The van der Waals surface area contributed by atoms with Gasteiger partial charge in [0.05, 0.1) is 7.05 Å². The van der Waals surface area contributed by atoms with Crippen LogP contribution in [-0.2, 0) is 7.05 Å². The van der Waals surface area contributed by atoms with Crippen molar-refractivity contribution in [2.45, 2.75) is 34.6 Å². The minimum absolute atomic E-state index is 0.895. The molecular formula is C13H19N4+. The highest BCUT2D eigenvalue weighted by molar-refractivity contribution is 5.56. The zero-order chi connectivity index (χ0) is 12.7. The van der Waals surface area contributed by atoms with Crippen LogP contribution in [0.4, 0.5) is 0 Å². The van der Waals surface area contributed by atoms with Crippen molar-refractivity contribution in [1.82, 2.24) is 15.2 Å². The molecule has 2 aromatic rings. The normalized spacial score (nSPS) is 10.9. The second-order valence-electron chi connectivity index (χ2n) is 4.61. The Labute approximate surface area is 102 Å². The van der Waals surface area contributed by atoms with E-state index in [1.165, 1.54) is 16.7 Å². The van der Waals surface area contributed by atoms with E-state index in [4.69, 9.17) is 0 Å². The average molecular weight is 231 g/mol. The van der Waals surface area contributed by atoms with Crippen LogP contribution in [0.25, 0.3) is 11.5 Å². The van der Waals surface area contributed by atoms with Crippen molar-refractivity contribution < 1.29 is 4.57 Å². The van der Waals surface area contributed by atoms with Crippen molar-refractivity contribution in [2.24, 2.45) is 7.05 Å². The molecule has 0 aliphatic carbocycles. The van der Waals surface area contributed by atoms with Crippen LogP contribution < -0.4 is 4.57 Å². The molecule has 0 bridgehead atoms. The molecular weight excluding hydrogens is 212 g/mol. The van der Waals surface area contributed by atoms with Crippen molar-refractivity contribution in [1.29, 1.82) is 0 Å². The molecule has 0 aliphatic heterocycles. The minimum Gasteiger partial charge on any atom is -0.246 e. The number of H-pyrrole nitrogens is 1. The van der Waals surface area contributed by atoms with Crippen LogP contribution in [0, 0.1) is 34.6 Å². The third-order valence-corrected chi connectivity index (χ3v) is 3.66. The molecule has 0 aromatic carbocycles. The Balaban J connectivity index is 2.73. The SMILES string of the molecule is Cc1nc(-c2n[nH]c(C)[n+]2C)c(C)c(C)c1C. The summed E-state index contributed by atoms with van der Waals surface area (Å²) in [7, 11) is 2.00. The number of pyridine rings is 1. The predicted octanol–water partition coefficient (Wildman–Crippen LogP) is 1.84. The van der Waals surface area contributed by atoms with E-state index in [-0.39, 0.29) is 0 Å². The lowest BCUT2D eigenvalue weighted by Gasteiger charge is -2.10. The van der Waals surface area contributed by atoms with Gasteiger partial charge in [0, 0.05) is 17.7 Å². The van der Waals surface area contributed by atoms with E-state index >= 15 is 0 Å². The van der Waals surface area contributed by atoms with E-state index in [0.717, 1.165) is 23.0 Å². The highest BCUT2D eigenvalue weighted by atomic mass is 15.3. The molecule has 2 aromatic heterocycles. The number of nitrogens with zero attached hydrogens (tertiary/aromatic N) is 3. The molecule has 1 N–H and O–H groups in total. The van der Waals surface area contributed by atoms with Gasteiger partial charge in [0.15, 0.2) is 0 Å². The molecule has 0 unspecified atom stereocenters. The molecule has 2 heterocycles. The van der Waals surface area contributed by atoms with Crippen LogP contribution in [0.2, 0.25) is 0 Å². The van der Waals surface area contributed by atoms with Gasteiger partial charge in [-0.2, -0.15) is 0 Å². The Morgan fingerprint density at radius 1 is 0.941 bits per heavy atom. The first-order chi connectivity index (χ1) is 7.93. The number of aromatic amines is 1. The Bertz CT molecular complexity index is 582. The van der Waals surface area contributed by atoms with Crippen molar-refractivity contribution in [3.63, 3.8) is 0 Å². The van der Waals surface area contributed by atoms with E-state index in [2.05, 4.69) is 36.0 Å². The molecule has 0 saturated carbocycles. The van der Waals surface area contributed by atoms with Gasteiger partial charge in [0.2, 0.25) is 5.82 Å². The number of aromatic nitrogens is 4. The lowest BCUT2D eigenvalue weighted by molar-refractivity contribution is -0.666. The number of nitrogens with one attached hydrogen (secondary N) is 1. The van der Waals surface area contributed by atoms with Crippen molar-refractivity contribution in [3.05, 3.63) is 28.2 Å². The zero-order valence-electron chi connectivity index (χ0n) is 11.3. The van der Waals surface area contributed by atoms with Gasteiger partial charge in [-0.25, -0.2) is 9.55 Å². The topological polar surface area (TPSA) is 45.5 Å². The maximum Gasteiger partial charge on any atom is 0.327 e. The first-order valence-corrected chi connectivity index (χ1v) is 5.79. The third kappa shape index (κ3) is 1.73. The first kappa shape index (κ1) is 11.8. The van der Waals surface area contributed by atoms with Crippen LogP contribution in [0.3, 0.4) is 0 Å². The van der Waals surface area contributed by atoms with Gasteiger partial charge in [0.1, 0.15) is 5.69 Å². The van der Waals surface area contributed by atoms with E-state index < -0.39 is 0 Å². The van der Waals surface area contributed by atoms with Gasteiger partial charge in [-0.3, -0.25) is 0 Å². The van der Waals surface area contributed by atoms with Crippen LogP contribution in [0.1, 0.15) is 28.2 Å². The first-order valence-electron chi connectivity index (χ1n) is 5.79. The van der Waals surface area contributed by atoms with Crippen LogP contribution in [0.15, 0.2) is 0 Å². The molecule has 0 radical (unpaired) electrons. The van der Waals surface area contributed by atoms with Crippen molar-refractivity contribution in [3.8, 4) is 11.5 Å². The molecule has 0 spiro atoms. The summed E-state index contributed by atoms with van der Waals surface area (Å²) in [5, 5.41) is 7.32. The van der Waals surface area contributed by atoms with Crippen LogP contribution >= 0.6 is 0 Å². The molecule has 0 saturated heterocycles. The second-order valence-corrected chi connectivity index (χ2v) is 4.61. The molecule has 4 heteroatoms. The largest absolute Gasteiger partial charge is 0.327 e. The van der Waals surface area contributed by atoms with Gasteiger partial charge in [-0.05, 0) is 44.4 Å². The Morgan fingerprint density at radius 2 is 1.59 bits per heavy atom. The maximum atomic E-state index is 4.67. The summed E-state index contributed by atoms with van der Waals surface area (Å²) in [6.45, 7) is 10.4. The van der Waals surface area contributed by atoms with Gasteiger partial charge in [-0.15, -0.1) is 5.10 Å². The molecule has 0 aliphatic rings. The van der Waals surface area contributed by atoms with Crippen LogP contribution in [0.5, 0.6) is 0 Å². The number of hydrogen-bond donors (Lipinski definition) is 1. The summed E-state index contributed by atoms with van der Waals surface area (Å²) >= 11 is 0. The molecule has 0 amide bonds. The van der Waals surface area contributed by atoms with Gasteiger partial charge >= 0.3 is 5.82 Å². The Morgan fingerprint density at radius 3 is 2.12 bits per heavy atom. The van der Waals surface area contributed by atoms with E-state index in [1.54, 1.807) is 0 Å². The minimum atomic E-state index is 0.895. The summed E-state index contributed by atoms with van der Waals surface area (Å²) in [6.07, 6.45) is 0. The fourth-order valence-corrected chi connectivity index (χ4v) is 1.94. The lowest BCUT2D eigenvalue weighted by Crippen LogP contribution is -2.32. The standard InChI is InChI=1S/C13H18N4/c1-7-8(2)10(4)14-12(9(7)3)13-16-15-11(5)17(13)6/h1-6H3/p+1. The Kier molecular flexibility index (Phi) is 2.73. The molecule has 0 atom stereocenters. The zero-order valence-corrected chi connectivity index (χ0v) is 11.3. The summed E-state index contributed by atoms with van der Waals surface area (Å²) in [5.74, 6) is 1.92. The molecule has 90 valence electrons. The van der Waals surface area contributed by atoms with Gasteiger partial charge in [-0.1, -0.05) is 0 Å².